The molecule has 2 aliphatic heterocycles. The monoisotopic (exact) mass is 316 g/mol. The maximum Gasteiger partial charge on any atom is 0.325 e. The quantitative estimate of drug-likeness (QED) is 0.721. The molecule has 3 heterocycles. The maximum atomic E-state index is 12.0. The molecule has 0 spiro atoms. The summed E-state index contributed by atoms with van der Waals surface area (Å²) in [7, 11) is 0. The molecule has 0 radical (unpaired) electrons. The van der Waals surface area contributed by atoms with Gasteiger partial charge in [0.05, 0.1) is 24.4 Å². The molecule has 8 heteroatoms. The largest absolute Gasteiger partial charge is 0.325 e. The van der Waals surface area contributed by atoms with E-state index in [1.165, 1.54) is 6.20 Å². The third kappa shape index (κ3) is 3.25. The van der Waals surface area contributed by atoms with Gasteiger partial charge in [-0.2, -0.15) is 0 Å². The molecule has 0 amide bonds. The summed E-state index contributed by atoms with van der Waals surface area (Å²) in [6, 6.07) is 0. The minimum Gasteiger partial charge on any atom is -0.313 e. The van der Waals surface area contributed by atoms with Crippen LogP contribution in [0.3, 0.4) is 0 Å². The number of aromatic nitrogens is 2. The van der Waals surface area contributed by atoms with Crippen LogP contribution in [0.5, 0.6) is 0 Å². The molecule has 1 aromatic heterocycles. The van der Waals surface area contributed by atoms with Crippen molar-refractivity contribution in [1.82, 2.24) is 20.4 Å². The van der Waals surface area contributed by atoms with Crippen molar-refractivity contribution in [2.45, 2.75) is 20.8 Å². The van der Waals surface area contributed by atoms with Gasteiger partial charge in [0.25, 0.3) is 5.56 Å². The molecule has 0 saturated carbocycles. The summed E-state index contributed by atoms with van der Waals surface area (Å²) in [4.78, 5) is 37.0. The summed E-state index contributed by atoms with van der Waals surface area (Å²) in [5.41, 5.74) is 3.95. The smallest absolute Gasteiger partial charge is 0.313 e. The number of H-pyrrole nitrogens is 2. The molecule has 0 aliphatic carbocycles. The van der Waals surface area contributed by atoms with Crippen molar-refractivity contribution in [2.24, 2.45) is 15.4 Å². The number of hydrogen-bond acceptors (Lipinski definition) is 6. The molecule has 0 atom stereocenters. The Balaban J connectivity index is 2.02. The van der Waals surface area contributed by atoms with Gasteiger partial charge in [0.2, 0.25) is 0 Å². The van der Waals surface area contributed by atoms with Crippen LogP contribution in [0.2, 0.25) is 0 Å². The van der Waals surface area contributed by atoms with Crippen LogP contribution >= 0.6 is 0 Å². The lowest BCUT2D eigenvalue weighted by Crippen LogP contribution is -2.47. The second-order valence-electron chi connectivity index (χ2n) is 6.77. The number of nitrogens with zero attached hydrogens (tertiary/aromatic N) is 3. The lowest BCUT2D eigenvalue weighted by molar-refractivity contribution is 0.402. The highest BCUT2D eigenvalue weighted by Crippen LogP contribution is 2.18. The van der Waals surface area contributed by atoms with Gasteiger partial charge in [-0.25, -0.2) is 4.79 Å². The fraction of sp³-hybridized carbons (Fsp3) is 0.467. The van der Waals surface area contributed by atoms with Crippen molar-refractivity contribution in [2.75, 3.05) is 19.6 Å². The summed E-state index contributed by atoms with van der Waals surface area (Å²) in [6.07, 6.45) is 3.20. The SMILES string of the molecule is CC(C)(C)CN=C1C=C(c2c[nH]c(=O)[nH]c2=O)NN2CCN=C12. The van der Waals surface area contributed by atoms with Gasteiger partial charge in [-0.15, -0.1) is 0 Å². The number of fused-ring (bicyclic) bond motifs is 1. The summed E-state index contributed by atoms with van der Waals surface area (Å²) < 4.78 is 0. The number of aromatic amines is 2. The van der Waals surface area contributed by atoms with Gasteiger partial charge in [-0.3, -0.25) is 30.2 Å². The fourth-order valence-electron chi connectivity index (χ4n) is 2.34. The zero-order chi connectivity index (χ0) is 16.6. The lowest BCUT2D eigenvalue weighted by Gasteiger charge is -2.29. The van der Waals surface area contributed by atoms with Crippen LogP contribution in [0.15, 0.2) is 31.8 Å². The van der Waals surface area contributed by atoms with Crippen molar-refractivity contribution in [1.29, 1.82) is 0 Å². The third-order valence-corrected chi connectivity index (χ3v) is 3.44. The van der Waals surface area contributed by atoms with E-state index in [0.717, 1.165) is 11.5 Å². The van der Waals surface area contributed by atoms with E-state index < -0.39 is 11.2 Å². The maximum absolute atomic E-state index is 12.0. The van der Waals surface area contributed by atoms with E-state index in [0.29, 0.717) is 30.9 Å². The second-order valence-corrected chi connectivity index (χ2v) is 6.77. The molecule has 0 saturated heterocycles. The molecule has 8 nitrogen and oxygen atoms in total. The lowest BCUT2D eigenvalue weighted by atomic mass is 9.97. The van der Waals surface area contributed by atoms with Gasteiger partial charge in [-0.1, -0.05) is 20.8 Å². The standard InChI is InChI=1S/C15H20N6O2/c1-15(2,3)8-18-11-6-10(20-21-5-4-16-12(11)21)9-7-17-14(23)19-13(9)22/h6-7,20H,4-5,8H2,1-3H3,(H2,17,19,22,23). The molecular weight excluding hydrogens is 296 g/mol. The first-order valence-corrected chi connectivity index (χ1v) is 7.51. The molecule has 0 aromatic carbocycles. The number of amidine groups is 1. The molecule has 0 fully saturated rings. The minimum absolute atomic E-state index is 0.0608. The van der Waals surface area contributed by atoms with Gasteiger partial charge >= 0.3 is 5.69 Å². The first kappa shape index (κ1) is 15.3. The number of aliphatic imine (C=N–C) groups is 2. The van der Waals surface area contributed by atoms with E-state index in [2.05, 4.69) is 46.1 Å². The van der Waals surface area contributed by atoms with Crippen molar-refractivity contribution in [3.05, 3.63) is 38.7 Å². The molecule has 23 heavy (non-hydrogen) atoms. The van der Waals surface area contributed by atoms with Crippen LogP contribution in [0.25, 0.3) is 5.70 Å². The molecule has 0 unspecified atom stereocenters. The summed E-state index contributed by atoms with van der Waals surface area (Å²) in [6.45, 7) is 8.39. The molecule has 0 bridgehead atoms. The van der Waals surface area contributed by atoms with Crippen molar-refractivity contribution >= 4 is 17.2 Å². The molecule has 2 aliphatic rings. The Labute approximate surface area is 133 Å². The van der Waals surface area contributed by atoms with Gasteiger partial charge in [0.15, 0.2) is 5.84 Å². The average Bonchev–Trinajstić information content (AvgIpc) is 2.92. The van der Waals surface area contributed by atoms with E-state index >= 15 is 0 Å². The van der Waals surface area contributed by atoms with Crippen molar-refractivity contribution in [3.63, 3.8) is 0 Å². The Morgan fingerprint density at radius 1 is 1.35 bits per heavy atom. The number of rotatable bonds is 2. The summed E-state index contributed by atoms with van der Waals surface area (Å²) in [5, 5.41) is 1.88. The topological polar surface area (TPSA) is 106 Å². The van der Waals surface area contributed by atoms with Crippen LogP contribution in [-0.4, -0.2) is 46.2 Å². The predicted octanol–water partition coefficient (Wildman–Crippen LogP) is 0.124. The molecule has 1 aromatic rings. The Morgan fingerprint density at radius 3 is 2.83 bits per heavy atom. The summed E-state index contributed by atoms with van der Waals surface area (Å²) in [5.74, 6) is 0.791. The first-order valence-electron chi connectivity index (χ1n) is 7.51. The molecular formula is C15H20N6O2. The average molecular weight is 316 g/mol. The van der Waals surface area contributed by atoms with Crippen LogP contribution in [0.1, 0.15) is 26.3 Å². The van der Waals surface area contributed by atoms with Crippen LogP contribution in [0, 0.1) is 5.41 Å². The molecule has 122 valence electrons. The van der Waals surface area contributed by atoms with Crippen molar-refractivity contribution in [3.8, 4) is 0 Å². The highest BCUT2D eigenvalue weighted by molar-refractivity contribution is 6.47. The minimum atomic E-state index is -0.528. The second kappa shape index (κ2) is 5.53. The zero-order valence-corrected chi connectivity index (χ0v) is 13.4. The van der Waals surface area contributed by atoms with Crippen LogP contribution in [-0.2, 0) is 0 Å². The fourth-order valence-corrected chi connectivity index (χ4v) is 2.34. The van der Waals surface area contributed by atoms with Crippen molar-refractivity contribution < 1.29 is 0 Å². The van der Waals surface area contributed by atoms with E-state index in [4.69, 9.17) is 0 Å². The summed E-state index contributed by atoms with van der Waals surface area (Å²) >= 11 is 0. The third-order valence-electron chi connectivity index (χ3n) is 3.44. The number of nitrogens with one attached hydrogen (secondary N) is 3. The van der Waals surface area contributed by atoms with E-state index in [1.807, 2.05) is 5.01 Å². The first-order chi connectivity index (χ1) is 10.8. The van der Waals surface area contributed by atoms with Gasteiger partial charge in [0.1, 0.15) is 5.71 Å². The van der Waals surface area contributed by atoms with Gasteiger partial charge < -0.3 is 4.98 Å². The van der Waals surface area contributed by atoms with E-state index in [9.17, 15) is 9.59 Å². The predicted molar refractivity (Wildman–Crippen MR) is 89.6 cm³/mol. The molecule has 3 N–H and O–H groups in total. The van der Waals surface area contributed by atoms with Gasteiger partial charge in [-0.05, 0) is 11.5 Å². The van der Waals surface area contributed by atoms with E-state index in [1.54, 1.807) is 6.08 Å². The highest BCUT2D eigenvalue weighted by atomic mass is 16.2. The Morgan fingerprint density at radius 2 is 2.13 bits per heavy atom. The molecule has 3 rings (SSSR count). The Hall–Kier alpha value is -2.64. The number of hydrogen-bond donors (Lipinski definition) is 3. The van der Waals surface area contributed by atoms with Gasteiger partial charge in [0, 0.05) is 12.7 Å². The zero-order valence-electron chi connectivity index (χ0n) is 13.4. The highest BCUT2D eigenvalue weighted by Gasteiger charge is 2.28. The number of hydrazine groups is 1. The van der Waals surface area contributed by atoms with E-state index in [-0.39, 0.29) is 5.41 Å². The van der Waals surface area contributed by atoms with Crippen LogP contribution in [0.4, 0.5) is 0 Å². The Kier molecular flexibility index (Phi) is 3.67. The van der Waals surface area contributed by atoms with Crippen LogP contribution < -0.4 is 16.7 Å². The normalized spacial score (nSPS) is 19.3. The Bertz CT molecular complexity index is 821.